The lowest BCUT2D eigenvalue weighted by atomic mass is 10.3. The predicted octanol–water partition coefficient (Wildman–Crippen LogP) is 2.71. The molecule has 0 aromatic heterocycles. The van der Waals surface area contributed by atoms with E-state index in [2.05, 4.69) is 5.32 Å². The number of fused-ring (bicyclic) bond motifs is 1. The molecule has 1 heterocycles. The third-order valence-electron chi connectivity index (χ3n) is 1.86. The summed E-state index contributed by atoms with van der Waals surface area (Å²) in [5, 5.41) is 3.55. The molecule has 0 bridgehead atoms. The molecule has 0 fully saturated rings. The molecule has 3 nitrogen and oxygen atoms in total. The fourth-order valence-corrected chi connectivity index (χ4v) is 1.81. The van der Waals surface area contributed by atoms with E-state index in [1.807, 2.05) is 0 Å². The zero-order chi connectivity index (χ0) is 10.1. The van der Waals surface area contributed by atoms with E-state index in [0.29, 0.717) is 34.5 Å². The fourth-order valence-electron chi connectivity index (χ4n) is 1.26. The normalized spacial score (nSPS) is 15.1. The molecule has 0 radical (unpaired) electrons. The van der Waals surface area contributed by atoms with Gasteiger partial charge in [-0.25, -0.2) is 0 Å². The molecule has 0 atom stereocenters. The number of nitrogens with one attached hydrogen (secondary N) is 1. The van der Waals surface area contributed by atoms with Gasteiger partial charge in [0.05, 0.1) is 23.7 Å². The van der Waals surface area contributed by atoms with Crippen LogP contribution in [0, 0.1) is 0 Å². The summed E-state index contributed by atoms with van der Waals surface area (Å²) in [6.07, 6.45) is 0.322. The lowest BCUT2D eigenvalue weighted by Gasteiger charge is -2.08. The van der Waals surface area contributed by atoms with Gasteiger partial charge >= 0.3 is 0 Å². The van der Waals surface area contributed by atoms with Gasteiger partial charge in [0.25, 0.3) is 0 Å². The van der Waals surface area contributed by atoms with Crippen LogP contribution in [-0.4, -0.2) is 12.5 Å². The number of rotatable bonds is 0. The third-order valence-corrected chi connectivity index (χ3v) is 2.36. The lowest BCUT2D eigenvalue weighted by Crippen LogP contribution is -2.10. The number of amides is 1. The molecule has 1 aliphatic heterocycles. The minimum absolute atomic E-state index is 0.0953. The second-order valence-electron chi connectivity index (χ2n) is 2.91. The van der Waals surface area contributed by atoms with Crippen molar-refractivity contribution in [3.63, 3.8) is 0 Å². The lowest BCUT2D eigenvalue weighted by molar-refractivity contribution is -0.116. The Morgan fingerprint density at radius 2 is 2.14 bits per heavy atom. The van der Waals surface area contributed by atoms with Crippen molar-refractivity contribution in [3.05, 3.63) is 22.2 Å². The molecular weight excluding hydrogens is 225 g/mol. The maximum Gasteiger partial charge on any atom is 0.227 e. The number of halogens is 2. The van der Waals surface area contributed by atoms with Crippen molar-refractivity contribution in [1.29, 1.82) is 0 Å². The van der Waals surface area contributed by atoms with Crippen molar-refractivity contribution in [2.24, 2.45) is 0 Å². The quantitative estimate of drug-likeness (QED) is 0.746. The Labute approximate surface area is 91.0 Å². The van der Waals surface area contributed by atoms with E-state index in [1.54, 1.807) is 12.1 Å². The third kappa shape index (κ3) is 1.79. The Morgan fingerprint density at radius 1 is 1.36 bits per heavy atom. The van der Waals surface area contributed by atoms with E-state index >= 15 is 0 Å². The molecule has 0 saturated heterocycles. The number of ether oxygens (including phenoxy) is 1. The molecule has 1 amide bonds. The molecule has 2 rings (SSSR count). The average Bonchev–Trinajstić information content (AvgIpc) is 2.25. The van der Waals surface area contributed by atoms with Gasteiger partial charge in [-0.2, -0.15) is 0 Å². The molecule has 0 aliphatic carbocycles. The van der Waals surface area contributed by atoms with Crippen LogP contribution in [0.5, 0.6) is 5.75 Å². The number of hydrogen-bond acceptors (Lipinski definition) is 2. The average molecular weight is 232 g/mol. The zero-order valence-corrected chi connectivity index (χ0v) is 8.65. The van der Waals surface area contributed by atoms with E-state index in [4.69, 9.17) is 27.9 Å². The van der Waals surface area contributed by atoms with E-state index in [9.17, 15) is 4.79 Å². The smallest absolute Gasteiger partial charge is 0.227 e. The summed E-state index contributed by atoms with van der Waals surface area (Å²) in [7, 11) is 0. The molecule has 74 valence electrons. The summed E-state index contributed by atoms with van der Waals surface area (Å²) in [6, 6.07) is 3.20. The molecule has 1 aliphatic rings. The highest BCUT2D eigenvalue weighted by atomic mass is 35.5. The number of carbonyl (C=O) groups excluding carboxylic acids is 1. The molecule has 0 unspecified atom stereocenters. The first kappa shape index (κ1) is 9.62. The molecule has 0 spiro atoms. The highest BCUT2D eigenvalue weighted by molar-refractivity contribution is 6.36. The van der Waals surface area contributed by atoms with Crippen LogP contribution >= 0.6 is 23.2 Å². The van der Waals surface area contributed by atoms with E-state index in [-0.39, 0.29) is 5.91 Å². The highest BCUT2D eigenvalue weighted by Gasteiger charge is 2.17. The van der Waals surface area contributed by atoms with Gasteiger partial charge in [0.2, 0.25) is 5.91 Å². The number of benzene rings is 1. The summed E-state index contributed by atoms with van der Waals surface area (Å²) in [5.74, 6) is 0.393. The van der Waals surface area contributed by atoms with E-state index in [1.165, 1.54) is 0 Å². The maximum absolute atomic E-state index is 11.2. The van der Waals surface area contributed by atoms with Crippen LogP contribution in [0.1, 0.15) is 6.42 Å². The van der Waals surface area contributed by atoms with E-state index in [0.717, 1.165) is 0 Å². The largest absolute Gasteiger partial charge is 0.489 e. The first-order chi connectivity index (χ1) is 6.66. The Bertz CT molecular complexity index is 393. The monoisotopic (exact) mass is 231 g/mol. The van der Waals surface area contributed by atoms with Crippen LogP contribution < -0.4 is 10.1 Å². The van der Waals surface area contributed by atoms with Gasteiger partial charge in [0.15, 0.2) is 5.75 Å². The minimum atomic E-state index is -0.0953. The van der Waals surface area contributed by atoms with Gasteiger partial charge in [0, 0.05) is 5.02 Å². The molecule has 1 N–H and O–H groups in total. The van der Waals surface area contributed by atoms with Gasteiger partial charge in [0.1, 0.15) is 0 Å². The Hall–Kier alpha value is -0.930. The van der Waals surface area contributed by atoms with Crippen molar-refractivity contribution in [2.75, 3.05) is 11.9 Å². The molecule has 0 saturated carbocycles. The first-order valence-corrected chi connectivity index (χ1v) is 4.84. The van der Waals surface area contributed by atoms with Crippen LogP contribution in [0.25, 0.3) is 0 Å². The Kier molecular flexibility index (Phi) is 2.52. The van der Waals surface area contributed by atoms with Crippen LogP contribution in [0.4, 0.5) is 5.69 Å². The van der Waals surface area contributed by atoms with Crippen LogP contribution in [0.15, 0.2) is 12.1 Å². The van der Waals surface area contributed by atoms with Crippen molar-refractivity contribution < 1.29 is 9.53 Å². The van der Waals surface area contributed by atoms with Crippen molar-refractivity contribution in [1.82, 2.24) is 0 Å². The zero-order valence-electron chi connectivity index (χ0n) is 7.14. The van der Waals surface area contributed by atoms with Crippen LogP contribution in [0.2, 0.25) is 10.0 Å². The molecule has 1 aromatic carbocycles. The highest BCUT2D eigenvalue weighted by Crippen LogP contribution is 2.37. The maximum atomic E-state index is 11.2. The van der Waals surface area contributed by atoms with Gasteiger partial charge in [-0.15, -0.1) is 0 Å². The van der Waals surface area contributed by atoms with Crippen LogP contribution in [0.3, 0.4) is 0 Å². The summed E-state index contributed by atoms with van der Waals surface area (Å²) in [5.41, 5.74) is 0.532. The van der Waals surface area contributed by atoms with Crippen molar-refractivity contribution >= 4 is 34.8 Å². The SMILES string of the molecule is O=C1CCOc2c(Cl)cc(Cl)cc2N1. The number of anilines is 1. The fraction of sp³-hybridized carbons (Fsp3) is 0.222. The van der Waals surface area contributed by atoms with Gasteiger partial charge < -0.3 is 10.1 Å². The Morgan fingerprint density at radius 3 is 2.93 bits per heavy atom. The predicted molar refractivity (Wildman–Crippen MR) is 55.2 cm³/mol. The second kappa shape index (κ2) is 3.67. The standard InChI is InChI=1S/C9H7Cl2NO2/c10-5-3-6(11)9-7(4-5)12-8(13)1-2-14-9/h3-4H,1-2H2,(H,12,13). The summed E-state index contributed by atoms with van der Waals surface area (Å²) < 4.78 is 5.33. The number of carbonyl (C=O) groups is 1. The molecule has 5 heteroatoms. The van der Waals surface area contributed by atoms with Crippen molar-refractivity contribution in [2.45, 2.75) is 6.42 Å². The first-order valence-electron chi connectivity index (χ1n) is 4.08. The number of hydrogen-bond donors (Lipinski definition) is 1. The summed E-state index contributed by atoms with van der Waals surface area (Å²) in [6.45, 7) is 0.334. The van der Waals surface area contributed by atoms with Gasteiger partial charge in [-0.05, 0) is 12.1 Å². The van der Waals surface area contributed by atoms with Crippen LogP contribution in [-0.2, 0) is 4.79 Å². The molecular formula is C9H7Cl2NO2. The molecule has 14 heavy (non-hydrogen) atoms. The molecule has 1 aromatic rings. The summed E-state index contributed by atoms with van der Waals surface area (Å²) >= 11 is 11.7. The van der Waals surface area contributed by atoms with Gasteiger partial charge in [-0.3, -0.25) is 4.79 Å². The minimum Gasteiger partial charge on any atom is -0.489 e. The van der Waals surface area contributed by atoms with Crippen molar-refractivity contribution in [3.8, 4) is 5.75 Å². The summed E-state index contributed by atoms with van der Waals surface area (Å²) in [4.78, 5) is 11.2. The van der Waals surface area contributed by atoms with Gasteiger partial charge in [-0.1, -0.05) is 23.2 Å². The second-order valence-corrected chi connectivity index (χ2v) is 3.75. The Balaban J connectivity index is 2.50. The van der Waals surface area contributed by atoms with E-state index < -0.39 is 0 Å². The topological polar surface area (TPSA) is 38.3 Å².